The number of aromatic nitrogens is 2. The summed E-state index contributed by atoms with van der Waals surface area (Å²) in [5.41, 5.74) is 0. The molecule has 0 aliphatic heterocycles. The zero-order valence-corrected chi connectivity index (χ0v) is 10.8. The highest BCUT2D eigenvalue weighted by Gasteiger charge is 2.06. The van der Waals surface area contributed by atoms with Crippen molar-refractivity contribution in [2.24, 2.45) is 5.92 Å². The summed E-state index contributed by atoms with van der Waals surface area (Å²) in [5, 5.41) is 3.03. The molecule has 0 bridgehead atoms. The number of hydrogen-bond donors (Lipinski definition) is 1. The van der Waals surface area contributed by atoms with E-state index >= 15 is 0 Å². The average molecular weight is 245 g/mol. The maximum atomic E-state index is 11.0. The fourth-order valence-corrected chi connectivity index (χ4v) is 1.84. The van der Waals surface area contributed by atoms with E-state index in [4.69, 9.17) is 0 Å². The number of nitrogens with one attached hydrogen (secondary N) is 1. The Labute approximate surface area is 96.8 Å². The van der Waals surface area contributed by atoms with E-state index in [1.807, 2.05) is 10.8 Å². The highest BCUT2D eigenvalue weighted by Crippen LogP contribution is 2.07. The van der Waals surface area contributed by atoms with Crippen LogP contribution in [0.2, 0.25) is 0 Å². The van der Waals surface area contributed by atoms with Crippen molar-refractivity contribution < 1.29 is 8.42 Å². The van der Waals surface area contributed by atoms with Crippen LogP contribution in [-0.4, -0.2) is 36.5 Å². The predicted octanol–water partition coefficient (Wildman–Crippen LogP) is 0.996. The van der Waals surface area contributed by atoms with Gasteiger partial charge in [-0.25, -0.2) is 13.4 Å². The number of imidazole rings is 1. The Balaban J connectivity index is 2.51. The van der Waals surface area contributed by atoms with E-state index in [1.165, 1.54) is 6.26 Å². The molecule has 16 heavy (non-hydrogen) atoms. The summed E-state index contributed by atoms with van der Waals surface area (Å²) in [7, 11) is -2.91. The molecule has 0 radical (unpaired) electrons. The van der Waals surface area contributed by atoms with Crippen LogP contribution in [0.25, 0.3) is 0 Å². The number of nitrogens with zero attached hydrogens (tertiary/aromatic N) is 2. The fraction of sp³-hybridized carbons (Fsp3) is 0.700. The fourth-order valence-electron chi connectivity index (χ4n) is 1.37. The van der Waals surface area contributed by atoms with Crippen LogP contribution in [0, 0.1) is 5.92 Å². The normalized spacial score (nSPS) is 12.0. The summed E-state index contributed by atoms with van der Waals surface area (Å²) in [4.78, 5) is 4.15. The number of sulfone groups is 1. The van der Waals surface area contributed by atoms with Gasteiger partial charge in [0.25, 0.3) is 0 Å². The molecule has 1 heterocycles. The van der Waals surface area contributed by atoms with Gasteiger partial charge in [0.1, 0.15) is 9.84 Å². The lowest BCUT2D eigenvalue weighted by Gasteiger charge is -2.11. The Morgan fingerprint density at radius 3 is 2.75 bits per heavy atom. The largest absolute Gasteiger partial charge is 0.355 e. The van der Waals surface area contributed by atoms with Crippen molar-refractivity contribution in [1.82, 2.24) is 9.55 Å². The van der Waals surface area contributed by atoms with E-state index in [1.54, 1.807) is 6.20 Å². The second kappa shape index (κ2) is 5.34. The minimum absolute atomic E-state index is 0.127. The minimum atomic E-state index is -2.91. The van der Waals surface area contributed by atoms with Crippen molar-refractivity contribution in [2.75, 3.05) is 23.9 Å². The Hall–Kier alpha value is -1.04. The number of rotatable bonds is 6. The lowest BCUT2D eigenvalue weighted by molar-refractivity contribution is 0.526. The second-order valence-electron chi connectivity index (χ2n) is 4.35. The molecule has 0 saturated carbocycles. The van der Waals surface area contributed by atoms with Gasteiger partial charge in [-0.15, -0.1) is 0 Å². The van der Waals surface area contributed by atoms with Crippen molar-refractivity contribution >= 4 is 15.8 Å². The van der Waals surface area contributed by atoms with Gasteiger partial charge in [0.05, 0.1) is 5.75 Å². The third kappa shape index (κ3) is 4.65. The van der Waals surface area contributed by atoms with Crippen molar-refractivity contribution in [3.63, 3.8) is 0 Å². The lowest BCUT2D eigenvalue weighted by atomic mass is 10.2. The summed E-state index contributed by atoms with van der Waals surface area (Å²) in [6.45, 7) is 5.52. The topological polar surface area (TPSA) is 64.0 Å². The van der Waals surface area contributed by atoms with Gasteiger partial charge in [0, 0.05) is 31.7 Å². The van der Waals surface area contributed by atoms with Gasteiger partial charge in [-0.2, -0.15) is 0 Å². The first-order valence-corrected chi connectivity index (χ1v) is 7.37. The van der Waals surface area contributed by atoms with E-state index < -0.39 is 9.84 Å². The molecule has 0 aromatic carbocycles. The van der Waals surface area contributed by atoms with Crippen LogP contribution in [0.15, 0.2) is 12.4 Å². The van der Waals surface area contributed by atoms with Crippen LogP contribution in [0.4, 0.5) is 5.95 Å². The van der Waals surface area contributed by atoms with Crippen molar-refractivity contribution in [3.05, 3.63) is 12.4 Å². The van der Waals surface area contributed by atoms with E-state index in [2.05, 4.69) is 24.1 Å². The van der Waals surface area contributed by atoms with E-state index in [0.29, 0.717) is 12.5 Å². The van der Waals surface area contributed by atoms with Crippen molar-refractivity contribution in [1.29, 1.82) is 0 Å². The monoisotopic (exact) mass is 245 g/mol. The van der Waals surface area contributed by atoms with Gasteiger partial charge < -0.3 is 9.88 Å². The van der Waals surface area contributed by atoms with Crippen molar-refractivity contribution in [3.8, 4) is 0 Å². The molecule has 0 aliphatic rings. The zero-order valence-electron chi connectivity index (χ0n) is 9.97. The van der Waals surface area contributed by atoms with Crippen molar-refractivity contribution in [2.45, 2.75) is 20.4 Å². The van der Waals surface area contributed by atoms with Gasteiger partial charge in [-0.3, -0.25) is 0 Å². The van der Waals surface area contributed by atoms with Gasteiger partial charge in [0.2, 0.25) is 5.95 Å². The van der Waals surface area contributed by atoms with E-state index in [0.717, 1.165) is 12.5 Å². The summed E-state index contributed by atoms with van der Waals surface area (Å²) >= 11 is 0. The van der Waals surface area contributed by atoms with Crippen LogP contribution < -0.4 is 5.32 Å². The molecule has 0 saturated heterocycles. The first-order valence-electron chi connectivity index (χ1n) is 5.31. The van der Waals surface area contributed by atoms with Gasteiger partial charge in [-0.1, -0.05) is 13.8 Å². The molecule has 0 unspecified atom stereocenters. The van der Waals surface area contributed by atoms with Gasteiger partial charge in [-0.05, 0) is 5.92 Å². The first-order chi connectivity index (χ1) is 7.38. The molecule has 0 aliphatic carbocycles. The van der Waals surface area contributed by atoms with Crippen LogP contribution in [-0.2, 0) is 16.4 Å². The quantitative estimate of drug-likeness (QED) is 0.812. The Morgan fingerprint density at radius 2 is 2.19 bits per heavy atom. The maximum Gasteiger partial charge on any atom is 0.202 e. The smallest absolute Gasteiger partial charge is 0.202 e. The third-order valence-corrected chi connectivity index (χ3v) is 2.98. The third-order valence-electron chi connectivity index (χ3n) is 2.03. The molecule has 0 spiro atoms. The molecule has 1 N–H and O–H groups in total. The van der Waals surface area contributed by atoms with Gasteiger partial charge >= 0.3 is 0 Å². The first kappa shape index (κ1) is 13.0. The summed E-state index contributed by atoms with van der Waals surface area (Å²) in [6, 6.07) is 0. The molecule has 1 rings (SSSR count). The average Bonchev–Trinajstić information content (AvgIpc) is 2.49. The van der Waals surface area contributed by atoms with Gasteiger partial charge in [0.15, 0.2) is 0 Å². The lowest BCUT2D eigenvalue weighted by Crippen LogP contribution is -2.17. The highest BCUT2D eigenvalue weighted by molar-refractivity contribution is 7.90. The molecule has 0 amide bonds. The zero-order chi connectivity index (χ0) is 12.2. The second-order valence-corrected chi connectivity index (χ2v) is 6.61. The van der Waals surface area contributed by atoms with Crippen LogP contribution in [0.5, 0.6) is 0 Å². The Kier molecular flexibility index (Phi) is 4.35. The van der Waals surface area contributed by atoms with E-state index in [9.17, 15) is 8.42 Å². The molecule has 1 aromatic rings. The summed E-state index contributed by atoms with van der Waals surface area (Å²) in [5.74, 6) is 1.39. The standard InChI is InChI=1S/C10H19N3O2S/c1-9(2)8-13-6-4-11-10(13)12-5-7-16(3,14)15/h4,6,9H,5,7-8H2,1-3H3,(H,11,12). The molecule has 1 aromatic heterocycles. The molecule has 5 nitrogen and oxygen atoms in total. The molecule has 0 fully saturated rings. The Morgan fingerprint density at radius 1 is 1.50 bits per heavy atom. The summed E-state index contributed by atoms with van der Waals surface area (Å²) in [6.07, 6.45) is 4.84. The number of hydrogen-bond acceptors (Lipinski definition) is 4. The molecule has 0 atom stereocenters. The highest BCUT2D eigenvalue weighted by atomic mass is 32.2. The Bertz CT molecular complexity index is 423. The SMILES string of the molecule is CC(C)Cn1ccnc1NCCS(C)(=O)=O. The maximum absolute atomic E-state index is 11.0. The molecule has 92 valence electrons. The van der Waals surface area contributed by atoms with E-state index in [-0.39, 0.29) is 5.75 Å². The van der Waals surface area contributed by atoms with Crippen LogP contribution in [0.3, 0.4) is 0 Å². The summed E-state index contributed by atoms with van der Waals surface area (Å²) < 4.78 is 23.9. The minimum Gasteiger partial charge on any atom is -0.355 e. The molecular weight excluding hydrogens is 226 g/mol. The number of anilines is 1. The molecular formula is C10H19N3O2S. The predicted molar refractivity (Wildman–Crippen MR) is 65.3 cm³/mol. The van der Waals surface area contributed by atoms with Crippen LogP contribution >= 0.6 is 0 Å². The molecule has 6 heteroatoms. The van der Waals surface area contributed by atoms with Crippen LogP contribution in [0.1, 0.15) is 13.8 Å².